The molecule has 0 saturated heterocycles. The first kappa shape index (κ1) is 10.1. The molecule has 0 aliphatic rings. The van der Waals surface area contributed by atoms with Crippen LogP contribution in [0.15, 0.2) is 40.0 Å². The van der Waals surface area contributed by atoms with Gasteiger partial charge in [0.05, 0.1) is 0 Å². The lowest BCUT2D eigenvalue weighted by Crippen LogP contribution is -1.89. The van der Waals surface area contributed by atoms with E-state index >= 15 is 0 Å². The van der Waals surface area contributed by atoms with Gasteiger partial charge in [-0.1, -0.05) is 23.3 Å². The predicted molar refractivity (Wildman–Crippen MR) is 52.8 cm³/mol. The number of halogens is 1. The van der Waals surface area contributed by atoms with Crippen LogP contribution < -0.4 is 0 Å². The van der Waals surface area contributed by atoms with Crippen molar-refractivity contribution in [1.82, 2.24) is 10.2 Å². The van der Waals surface area contributed by atoms with Crippen LogP contribution in [0.4, 0.5) is 0 Å². The predicted octanol–water partition coefficient (Wildman–Crippen LogP) is 1.66. The minimum atomic E-state index is -3.96. The summed E-state index contributed by atoms with van der Waals surface area (Å²) in [6, 6.07) is 8.80. The second-order valence-electron chi connectivity index (χ2n) is 2.68. The normalized spacial score (nSPS) is 11.5. The standard InChI is InChI=1S/C8H5ClN2O3S/c9-15(12,13)8-11-10-7(14-8)6-4-2-1-3-5-6/h1-5H. The molecule has 0 amide bonds. The van der Waals surface area contributed by atoms with Gasteiger partial charge in [0.25, 0.3) is 0 Å². The van der Waals surface area contributed by atoms with E-state index < -0.39 is 14.3 Å². The number of nitrogens with zero attached hydrogens (tertiary/aromatic N) is 2. The highest BCUT2D eigenvalue weighted by Crippen LogP contribution is 2.20. The van der Waals surface area contributed by atoms with Gasteiger partial charge in [-0.25, -0.2) is 8.42 Å². The summed E-state index contributed by atoms with van der Waals surface area (Å²) in [6.07, 6.45) is 0. The molecule has 5 nitrogen and oxygen atoms in total. The Morgan fingerprint density at radius 2 is 1.80 bits per heavy atom. The van der Waals surface area contributed by atoms with Crippen molar-refractivity contribution >= 4 is 19.7 Å². The third-order valence-corrected chi connectivity index (χ3v) is 2.61. The van der Waals surface area contributed by atoms with E-state index in [1.165, 1.54) is 0 Å². The molecule has 1 heterocycles. The van der Waals surface area contributed by atoms with Crippen molar-refractivity contribution in [2.45, 2.75) is 5.22 Å². The Bertz CT molecular complexity index is 565. The van der Waals surface area contributed by atoms with Crippen molar-refractivity contribution in [1.29, 1.82) is 0 Å². The zero-order valence-electron chi connectivity index (χ0n) is 7.29. The molecular weight excluding hydrogens is 240 g/mol. The van der Waals surface area contributed by atoms with E-state index in [0.717, 1.165) is 0 Å². The molecule has 78 valence electrons. The summed E-state index contributed by atoms with van der Waals surface area (Å²) in [5.74, 6) is 0.120. The van der Waals surface area contributed by atoms with Crippen LogP contribution in [0.3, 0.4) is 0 Å². The molecule has 2 aromatic rings. The quantitative estimate of drug-likeness (QED) is 0.752. The highest BCUT2D eigenvalue weighted by molar-refractivity contribution is 8.13. The Morgan fingerprint density at radius 1 is 1.13 bits per heavy atom. The molecular formula is C8H5ClN2O3S. The molecule has 1 aromatic heterocycles. The maximum atomic E-state index is 10.8. The van der Waals surface area contributed by atoms with E-state index in [9.17, 15) is 8.42 Å². The first-order valence-electron chi connectivity index (χ1n) is 3.91. The number of rotatable bonds is 2. The first-order valence-corrected chi connectivity index (χ1v) is 6.22. The molecule has 0 radical (unpaired) electrons. The second-order valence-corrected chi connectivity index (χ2v) is 5.12. The summed E-state index contributed by atoms with van der Waals surface area (Å²) in [5, 5.41) is 6.31. The molecule has 0 spiro atoms. The third kappa shape index (κ3) is 2.16. The Kier molecular flexibility index (Phi) is 2.45. The van der Waals surface area contributed by atoms with Crippen LogP contribution in [-0.4, -0.2) is 18.6 Å². The van der Waals surface area contributed by atoms with Crippen LogP contribution in [0.1, 0.15) is 0 Å². The van der Waals surface area contributed by atoms with Gasteiger partial charge in [0.1, 0.15) is 0 Å². The maximum Gasteiger partial charge on any atom is 0.351 e. The number of benzene rings is 1. The van der Waals surface area contributed by atoms with Crippen LogP contribution in [-0.2, 0) is 9.05 Å². The van der Waals surface area contributed by atoms with E-state index in [1.54, 1.807) is 24.3 Å². The lowest BCUT2D eigenvalue weighted by Gasteiger charge is -1.91. The van der Waals surface area contributed by atoms with Gasteiger partial charge in [-0.2, -0.15) is 0 Å². The summed E-state index contributed by atoms with van der Waals surface area (Å²) in [7, 11) is 1.08. The zero-order chi connectivity index (χ0) is 10.9. The molecule has 0 aliphatic carbocycles. The summed E-state index contributed by atoms with van der Waals surface area (Å²) >= 11 is 0. The van der Waals surface area contributed by atoms with Crippen LogP contribution in [0.5, 0.6) is 0 Å². The Balaban J connectivity index is 2.46. The summed E-state index contributed by atoms with van der Waals surface area (Å²) in [4.78, 5) is 0. The Labute approximate surface area is 90.1 Å². The minimum Gasteiger partial charge on any atom is -0.407 e. The number of aromatic nitrogens is 2. The van der Waals surface area contributed by atoms with Crippen LogP contribution in [0.2, 0.25) is 0 Å². The largest absolute Gasteiger partial charge is 0.407 e. The van der Waals surface area contributed by atoms with Crippen molar-refractivity contribution in [2.24, 2.45) is 0 Å². The maximum absolute atomic E-state index is 10.8. The number of hydrogen-bond acceptors (Lipinski definition) is 5. The van der Waals surface area contributed by atoms with Gasteiger partial charge in [0.15, 0.2) is 0 Å². The lowest BCUT2D eigenvalue weighted by atomic mass is 10.2. The highest BCUT2D eigenvalue weighted by atomic mass is 35.7. The molecule has 7 heteroatoms. The highest BCUT2D eigenvalue weighted by Gasteiger charge is 2.19. The lowest BCUT2D eigenvalue weighted by molar-refractivity contribution is 0.445. The minimum absolute atomic E-state index is 0.120. The smallest absolute Gasteiger partial charge is 0.351 e. The zero-order valence-corrected chi connectivity index (χ0v) is 8.86. The number of hydrogen-bond donors (Lipinski definition) is 0. The molecule has 0 N–H and O–H groups in total. The fourth-order valence-corrected chi connectivity index (χ4v) is 1.51. The van der Waals surface area contributed by atoms with Crippen molar-refractivity contribution in [2.75, 3.05) is 0 Å². The molecule has 0 atom stereocenters. The van der Waals surface area contributed by atoms with Gasteiger partial charge in [-0.3, -0.25) is 0 Å². The SMILES string of the molecule is O=S(=O)(Cl)c1nnc(-c2ccccc2)o1. The first-order chi connectivity index (χ1) is 7.07. The molecule has 0 saturated carbocycles. The summed E-state index contributed by atoms with van der Waals surface area (Å²) in [6.45, 7) is 0. The van der Waals surface area contributed by atoms with E-state index in [0.29, 0.717) is 5.56 Å². The fourth-order valence-electron chi connectivity index (χ4n) is 1.01. The third-order valence-electron chi connectivity index (χ3n) is 1.64. The van der Waals surface area contributed by atoms with Crippen LogP contribution >= 0.6 is 10.7 Å². The molecule has 0 unspecified atom stereocenters. The van der Waals surface area contributed by atoms with Crippen molar-refractivity contribution < 1.29 is 12.8 Å². The van der Waals surface area contributed by atoms with Gasteiger partial charge in [-0.05, 0) is 12.1 Å². The average Bonchev–Trinajstić information content (AvgIpc) is 2.67. The topological polar surface area (TPSA) is 73.1 Å². The summed E-state index contributed by atoms with van der Waals surface area (Å²) in [5.41, 5.74) is 0.636. The summed E-state index contributed by atoms with van der Waals surface area (Å²) < 4.78 is 26.6. The van der Waals surface area contributed by atoms with Crippen molar-refractivity contribution in [3.8, 4) is 11.5 Å². The van der Waals surface area contributed by atoms with Crippen molar-refractivity contribution in [3.05, 3.63) is 30.3 Å². The second kappa shape index (κ2) is 3.63. The van der Waals surface area contributed by atoms with Crippen LogP contribution in [0.25, 0.3) is 11.5 Å². The van der Waals surface area contributed by atoms with E-state index in [2.05, 4.69) is 10.2 Å². The molecule has 1 aromatic carbocycles. The van der Waals surface area contributed by atoms with E-state index in [4.69, 9.17) is 15.1 Å². The van der Waals surface area contributed by atoms with Gasteiger partial charge in [0.2, 0.25) is 5.89 Å². The van der Waals surface area contributed by atoms with Crippen molar-refractivity contribution in [3.63, 3.8) is 0 Å². The Morgan fingerprint density at radius 3 is 2.33 bits per heavy atom. The molecule has 0 bridgehead atoms. The Hall–Kier alpha value is -1.40. The fraction of sp³-hybridized carbons (Fsp3) is 0. The van der Waals surface area contributed by atoms with Crippen LogP contribution in [0, 0.1) is 0 Å². The average molecular weight is 245 g/mol. The molecule has 2 rings (SSSR count). The monoisotopic (exact) mass is 244 g/mol. The van der Waals surface area contributed by atoms with E-state index in [1.807, 2.05) is 6.07 Å². The van der Waals surface area contributed by atoms with E-state index in [-0.39, 0.29) is 5.89 Å². The molecule has 15 heavy (non-hydrogen) atoms. The van der Waals surface area contributed by atoms with Gasteiger partial charge in [-0.15, -0.1) is 5.10 Å². The molecule has 0 fully saturated rings. The molecule has 0 aliphatic heterocycles. The van der Waals surface area contributed by atoms with Gasteiger partial charge in [0, 0.05) is 16.2 Å². The van der Waals surface area contributed by atoms with Gasteiger partial charge >= 0.3 is 14.3 Å². The van der Waals surface area contributed by atoms with Gasteiger partial charge < -0.3 is 4.42 Å².